The Labute approximate surface area is 312 Å². The van der Waals surface area contributed by atoms with Gasteiger partial charge in [-0.05, 0) is 60.6 Å². The summed E-state index contributed by atoms with van der Waals surface area (Å²) in [6, 6.07) is 9.05. The predicted octanol–water partition coefficient (Wildman–Crippen LogP) is 9.50. The van der Waals surface area contributed by atoms with Crippen molar-refractivity contribution in [2.24, 2.45) is 0 Å². The molecule has 3 aromatic heterocycles. The van der Waals surface area contributed by atoms with E-state index < -0.39 is 9.85 Å². The molecule has 0 amide bonds. The molecular weight excluding hydrogens is 949 g/mol. The van der Waals surface area contributed by atoms with Gasteiger partial charge in [-0.2, -0.15) is 0 Å². The number of anilines is 1. The average Bonchev–Trinajstić information content (AvgIpc) is 2.85. The molecular formula is C28H44ClI3N6O7. The van der Waals surface area contributed by atoms with Crippen molar-refractivity contribution in [1.82, 2.24) is 15.0 Å². The van der Waals surface area contributed by atoms with Gasteiger partial charge in [0.1, 0.15) is 17.0 Å². The van der Waals surface area contributed by atoms with E-state index in [-0.39, 0.29) is 49.7 Å². The predicted molar refractivity (Wildman–Crippen MR) is 208 cm³/mol. The molecule has 3 rings (SSSR count). The third-order valence-electron chi connectivity index (χ3n) is 3.33. The van der Waals surface area contributed by atoms with E-state index in [9.17, 15) is 20.2 Å². The Bertz CT molecular complexity index is 1180. The maximum Gasteiger partial charge on any atom is 0.287 e. The van der Waals surface area contributed by atoms with Crippen LogP contribution in [0.15, 0.2) is 55.0 Å². The van der Waals surface area contributed by atoms with Crippen LogP contribution < -0.4 is 15.2 Å². The SMILES string of the molecule is C.C.CC(C)O.CC(C)Oc1ccc(N)cn1.CC(C)Oc1ccc([N+](=O)[O-])cn1.CC(I)(I)I.O=[N+]([O-])c1ccc(Cl)nc1. The molecule has 3 heterocycles. The van der Waals surface area contributed by atoms with Gasteiger partial charge in [0.2, 0.25) is 11.8 Å². The molecule has 0 spiro atoms. The molecule has 0 saturated carbocycles. The summed E-state index contributed by atoms with van der Waals surface area (Å²) in [4.78, 5) is 30.5. The van der Waals surface area contributed by atoms with Gasteiger partial charge in [0.15, 0.2) is 0 Å². The minimum atomic E-state index is -0.524. The minimum absolute atomic E-state index is 0. The van der Waals surface area contributed by atoms with Gasteiger partial charge < -0.3 is 20.3 Å². The summed E-state index contributed by atoms with van der Waals surface area (Å²) in [5.41, 5.74) is 6.01. The highest BCUT2D eigenvalue weighted by Gasteiger charge is 2.06. The first-order chi connectivity index (χ1) is 19.7. The number of aliphatic hydroxyl groups is 1. The molecule has 256 valence electrons. The van der Waals surface area contributed by atoms with E-state index >= 15 is 0 Å². The molecule has 3 N–H and O–H groups in total. The summed E-state index contributed by atoms with van der Waals surface area (Å²) >= 11 is 12.4. The second kappa shape index (κ2) is 27.2. The first-order valence-electron chi connectivity index (χ1n) is 12.4. The summed E-state index contributed by atoms with van der Waals surface area (Å²) in [5, 5.41) is 28.6. The standard InChI is InChI=1S/C8H10N2O3.C8H12N2O.C5H3ClN2O2.C3H8O.C2H3I3.2CH4/c1-6(2)13-8-4-3-7(5-9-8)10(11)12;1-6(2)11-8-4-3-7(9)5-10-8;6-5-2-1-4(3-7-5)8(9)10;1-3(2)4;1-2(3,4)5;;/h3-6H,1-2H3;3-6H,9H2,1-2H3;1-3H;3-4H,1-2H3;1H3;2*1H4. The molecule has 0 fully saturated rings. The number of ether oxygens (including phenoxy) is 2. The van der Waals surface area contributed by atoms with E-state index in [0.717, 1.165) is 6.20 Å². The number of nitrogens with two attached hydrogens (primary N) is 1. The lowest BCUT2D eigenvalue weighted by Gasteiger charge is -2.07. The van der Waals surface area contributed by atoms with Gasteiger partial charge in [0.05, 0.1) is 33.9 Å². The number of rotatable bonds is 6. The highest BCUT2D eigenvalue weighted by Crippen LogP contribution is 2.33. The number of hydrogen-bond donors (Lipinski definition) is 2. The van der Waals surface area contributed by atoms with Crippen LogP contribution >= 0.6 is 79.4 Å². The molecule has 0 bridgehead atoms. The molecule has 0 aliphatic rings. The molecule has 0 saturated heterocycles. The topological polar surface area (TPSA) is 190 Å². The van der Waals surface area contributed by atoms with E-state index in [2.05, 4.69) is 89.6 Å². The van der Waals surface area contributed by atoms with Gasteiger partial charge in [-0.3, -0.25) is 20.2 Å². The van der Waals surface area contributed by atoms with E-state index in [1.165, 1.54) is 30.5 Å². The highest BCUT2D eigenvalue weighted by atomic mass is 127. The number of nitro groups is 2. The van der Waals surface area contributed by atoms with Crippen LogP contribution in [-0.4, -0.2) is 47.7 Å². The third kappa shape index (κ3) is 34.8. The van der Waals surface area contributed by atoms with Crippen LogP contribution in [0.2, 0.25) is 5.15 Å². The van der Waals surface area contributed by atoms with E-state index in [4.69, 9.17) is 31.9 Å². The fourth-order valence-electron chi connectivity index (χ4n) is 1.97. The van der Waals surface area contributed by atoms with Crippen molar-refractivity contribution < 1.29 is 24.4 Å². The van der Waals surface area contributed by atoms with E-state index in [1.807, 2.05) is 27.7 Å². The van der Waals surface area contributed by atoms with Crippen LogP contribution in [0.4, 0.5) is 17.1 Å². The molecule has 0 atom stereocenters. The summed E-state index contributed by atoms with van der Waals surface area (Å²) < 4.78 is 10.9. The minimum Gasteiger partial charge on any atom is -0.475 e. The molecule has 13 nitrogen and oxygen atoms in total. The average molecular weight is 993 g/mol. The lowest BCUT2D eigenvalue weighted by molar-refractivity contribution is -0.385. The first kappa shape index (κ1) is 50.0. The fraction of sp³-hybridized carbons (Fsp3) is 0.464. The summed E-state index contributed by atoms with van der Waals surface area (Å²) in [6.45, 7) is 13.2. The summed E-state index contributed by atoms with van der Waals surface area (Å²) in [7, 11) is 0. The zero-order chi connectivity index (χ0) is 33.8. The molecule has 0 radical (unpaired) electrons. The summed E-state index contributed by atoms with van der Waals surface area (Å²) in [5.74, 6) is 1.02. The van der Waals surface area contributed by atoms with Gasteiger partial charge in [-0.1, -0.05) is 94.2 Å². The zero-order valence-electron chi connectivity index (χ0n) is 24.7. The normalized spacial score (nSPS) is 9.58. The van der Waals surface area contributed by atoms with E-state index in [0.29, 0.717) is 16.9 Å². The Kier molecular flexibility index (Phi) is 30.2. The van der Waals surface area contributed by atoms with Crippen molar-refractivity contribution in [3.63, 3.8) is 0 Å². The van der Waals surface area contributed by atoms with E-state index in [1.54, 1.807) is 32.2 Å². The van der Waals surface area contributed by atoms with Crippen LogP contribution in [0.5, 0.6) is 11.8 Å². The number of pyridine rings is 3. The molecule has 45 heavy (non-hydrogen) atoms. The van der Waals surface area contributed by atoms with Gasteiger partial charge >= 0.3 is 0 Å². The molecule has 0 aromatic carbocycles. The number of halogens is 4. The van der Waals surface area contributed by atoms with Crippen molar-refractivity contribution in [3.05, 3.63) is 80.4 Å². The summed E-state index contributed by atoms with van der Waals surface area (Å²) in [6.07, 6.45) is 3.89. The van der Waals surface area contributed by atoms with Crippen LogP contribution in [0.3, 0.4) is 0 Å². The van der Waals surface area contributed by atoms with Crippen molar-refractivity contribution >= 4 is 96.4 Å². The second-order valence-corrected chi connectivity index (χ2v) is 21.9. The molecule has 3 aromatic rings. The Morgan fingerprint density at radius 2 is 1.11 bits per heavy atom. The fourth-order valence-corrected chi connectivity index (χ4v) is 2.08. The number of hydrogen-bond acceptors (Lipinski definition) is 11. The van der Waals surface area contributed by atoms with Crippen molar-refractivity contribution in [1.29, 1.82) is 0 Å². The molecule has 17 heteroatoms. The lowest BCUT2D eigenvalue weighted by atomic mass is 10.4. The number of nitrogen functional groups attached to an aromatic ring is 1. The number of aliphatic hydroxyl groups excluding tert-OH is 1. The first-order valence-corrected chi connectivity index (χ1v) is 16.0. The van der Waals surface area contributed by atoms with Gasteiger partial charge in [-0.25, -0.2) is 15.0 Å². The van der Waals surface area contributed by atoms with Gasteiger partial charge in [-0.15, -0.1) is 0 Å². The quantitative estimate of drug-likeness (QED) is 0.0787. The highest BCUT2D eigenvalue weighted by molar-refractivity contribution is 14.3. The second-order valence-electron chi connectivity index (χ2n) is 8.85. The largest absolute Gasteiger partial charge is 0.475 e. The zero-order valence-corrected chi connectivity index (χ0v) is 31.9. The Morgan fingerprint density at radius 3 is 1.36 bits per heavy atom. The smallest absolute Gasteiger partial charge is 0.287 e. The number of alkyl halides is 3. The van der Waals surface area contributed by atoms with Crippen molar-refractivity contribution in [2.75, 3.05) is 5.73 Å². The Balaban J connectivity index is -0.000000244. The van der Waals surface area contributed by atoms with Crippen LogP contribution in [0.25, 0.3) is 0 Å². The monoisotopic (exact) mass is 992 g/mol. The van der Waals surface area contributed by atoms with Crippen LogP contribution in [0.1, 0.15) is 63.3 Å². The van der Waals surface area contributed by atoms with Crippen molar-refractivity contribution in [2.45, 2.75) is 81.1 Å². The lowest BCUT2D eigenvalue weighted by Crippen LogP contribution is -2.06. The maximum atomic E-state index is 10.3. The van der Waals surface area contributed by atoms with Crippen LogP contribution in [0, 0.1) is 20.2 Å². The number of aromatic nitrogens is 3. The maximum absolute atomic E-state index is 10.3. The third-order valence-corrected chi connectivity index (χ3v) is 3.55. The van der Waals surface area contributed by atoms with Gasteiger partial charge in [0.25, 0.3) is 11.4 Å². The molecule has 0 unspecified atom stereocenters. The van der Waals surface area contributed by atoms with Crippen molar-refractivity contribution in [3.8, 4) is 11.8 Å². The Morgan fingerprint density at radius 1 is 0.778 bits per heavy atom. The van der Waals surface area contributed by atoms with Gasteiger partial charge in [0, 0.05) is 30.4 Å². The molecule has 0 aliphatic carbocycles. The Hall–Kier alpha value is -1.91. The van der Waals surface area contributed by atoms with Crippen LogP contribution in [-0.2, 0) is 0 Å². The molecule has 0 aliphatic heterocycles. The number of nitrogens with zero attached hydrogens (tertiary/aromatic N) is 5.